The molecule has 0 heterocycles. The lowest BCUT2D eigenvalue weighted by Gasteiger charge is -2.19. The van der Waals surface area contributed by atoms with E-state index < -0.39 is 0 Å². The average Bonchev–Trinajstić information content (AvgIpc) is 2.46. The molecule has 2 aromatic rings. The topological polar surface area (TPSA) is 24.1 Å². The van der Waals surface area contributed by atoms with Crippen molar-refractivity contribution < 1.29 is 0 Å². The molecule has 0 amide bonds. The highest BCUT2D eigenvalue weighted by molar-refractivity contribution is 7.80. The van der Waals surface area contributed by atoms with Gasteiger partial charge in [0.15, 0.2) is 5.11 Å². The summed E-state index contributed by atoms with van der Waals surface area (Å²) in [7, 11) is 0. The van der Waals surface area contributed by atoms with Crippen molar-refractivity contribution in [2.75, 3.05) is 5.32 Å². The third-order valence-corrected chi connectivity index (χ3v) is 4.62. The van der Waals surface area contributed by atoms with Crippen LogP contribution in [0, 0.1) is 13.8 Å². The molecule has 0 spiro atoms. The van der Waals surface area contributed by atoms with Crippen molar-refractivity contribution in [3.63, 3.8) is 0 Å². The van der Waals surface area contributed by atoms with Gasteiger partial charge in [-0.2, -0.15) is 0 Å². The van der Waals surface area contributed by atoms with Crippen molar-refractivity contribution in [3.05, 3.63) is 63.1 Å². The van der Waals surface area contributed by atoms with E-state index >= 15 is 0 Å². The number of hydrogen-bond donors (Lipinski definition) is 2. The fraction of sp³-hybridized carbons (Fsp3) is 0.235. The standard InChI is InChI=1S/C17H18Cl2N2S/c1-10-7-8-13(9-11(10)2)12(3)20-17(22)21-15-6-4-5-14(18)16(15)19/h4-9,12H,1-3H3,(H2,20,21,22). The molecule has 0 saturated heterocycles. The molecule has 5 heteroatoms. The fourth-order valence-electron chi connectivity index (χ4n) is 2.07. The molecule has 2 N–H and O–H groups in total. The Labute approximate surface area is 146 Å². The maximum Gasteiger partial charge on any atom is 0.171 e. The van der Waals surface area contributed by atoms with E-state index in [1.54, 1.807) is 6.07 Å². The maximum atomic E-state index is 6.15. The largest absolute Gasteiger partial charge is 0.356 e. The van der Waals surface area contributed by atoms with Crippen molar-refractivity contribution in [1.82, 2.24) is 5.32 Å². The van der Waals surface area contributed by atoms with E-state index in [-0.39, 0.29) is 6.04 Å². The summed E-state index contributed by atoms with van der Waals surface area (Å²) in [4.78, 5) is 0. The first-order chi connectivity index (χ1) is 10.4. The third kappa shape index (κ3) is 4.13. The lowest BCUT2D eigenvalue weighted by Crippen LogP contribution is -2.31. The van der Waals surface area contributed by atoms with Gasteiger partial charge in [-0.15, -0.1) is 0 Å². The first kappa shape index (κ1) is 17.1. The van der Waals surface area contributed by atoms with Gasteiger partial charge in [0.1, 0.15) is 0 Å². The van der Waals surface area contributed by atoms with Crippen LogP contribution in [-0.2, 0) is 0 Å². The molecule has 0 aliphatic rings. The number of halogens is 2. The van der Waals surface area contributed by atoms with E-state index in [4.69, 9.17) is 35.4 Å². The van der Waals surface area contributed by atoms with Crippen molar-refractivity contribution in [2.24, 2.45) is 0 Å². The van der Waals surface area contributed by atoms with Crippen molar-refractivity contribution in [2.45, 2.75) is 26.8 Å². The second kappa shape index (κ2) is 7.32. The second-order valence-electron chi connectivity index (χ2n) is 5.27. The summed E-state index contributed by atoms with van der Waals surface area (Å²) in [5, 5.41) is 7.81. The summed E-state index contributed by atoms with van der Waals surface area (Å²) < 4.78 is 0. The number of anilines is 1. The maximum absolute atomic E-state index is 6.15. The van der Waals surface area contributed by atoms with E-state index in [9.17, 15) is 0 Å². The molecule has 2 aromatic carbocycles. The molecule has 0 aromatic heterocycles. The Hall–Kier alpha value is -1.29. The number of aryl methyl sites for hydroxylation is 2. The van der Waals surface area contributed by atoms with Gasteiger partial charge < -0.3 is 10.6 Å². The quantitative estimate of drug-likeness (QED) is 0.697. The van der Waals surface area contributed by atoms with Gasteiger partial charge in [-0.05, 0) is 61.8 Å². The van der Waals surface area contributed by atoms with Crippen LogP contribution in [0.1, 0.15) is 29.7 Å². The van der Waals surface area contributed by atoms with Crippen LogP contribution < -0.4 is 10.6 Å². The molecule has 0 saturated carbocycles. The van der Waals surface area contributed by atoms with Crippen LogP contribution in [0.3, 0.4) is 0 Å². The van der Waals surface area contributed by atoms with Crippen LogP contribution in [0.25, 0.3) is 0 Å². The molecule has 0 bridgehead atoms. The average molecular weight is 353 g/mol. The molecule has 1 unspecified atom stereocenters. The van der Waals surface area contributed by atoms with Gasteiger partial charge in [0.25, 0.3) is 0 Å². The highest BCUT2D eigenvalue weighted by Gasteiger charge is 2.10. The summed E-state index contributed by atoms with van der Waals surface area (Å²) in [5.41, 5.74) is 4.42. The number of benzene rings is 2. The fourth-order valence-corrected chi connectivity index (χ4v) is 2.71. The first-order valence-corrected chi connectivity index (χ1v) is 8.13. The van der Waals surface area contributed by atoms with E-state index in [2.05, 4.69) is 49.6 Å². The van der Waals surface area contributed by atoms with Crippen molar-refractivity contribution in [1.29, 1.82) is 0 Å². The molecule has 22 heavy (non-hydrogen) atoms. The van der Waals surface area contributed by atoms with E-state index in [1.807, 2.05) is 12.1 Å². The molecule has 1 atom stereocenters. The zero-order chi connectivity index (χ0) is 16.3. The SMILES string of the molecule is Cc1ccc(C(C)NC(=S)Nc2cccc(Cl)c2Cl)cc1C. The van der Waals surface area contributed by atoms with Crippen LogP contribution in [0.15, 0.2) is 36.4 Å². The zero-order valence-electron chi connectivity index (χ0n) is 12.7. The number of thiocarbonyl (C=S) groups is 1. The Morgan fingerprint density at radius 3 is 2.50 bits per heavy atom. The molecule has 2 nitrogen and oxygen atoms in total. The monoisotopic (exact) mass is 352 g/mol. The van der Waals surface area contributed by atoms with Crippen LogP contribution in [0.4, 0.5) is 5.69 Å². The summed E-state index contributed by atoms with van der Waals surface area (Å²) in [6, 6.07) is 11.9. The highest BCUT2D eigenvalue weighted by Crippen LogP contribution is 2.29. The summed E-state index contributed by atoms with van der Waals surface area (Å²) in [5.74, 6) is 0. The second-order valence-corrected chi connectivity index (χ2v) is 6.46. The molecule has 2 rings (SSSR count). The van der Waals surface area contributed by atoms with Gasteiger partial charge in [0.2, 0.25) is 0 Å². The third-order valence-electron chi connectivity index (χ3n) is 3.58. The molecular weight excluding hydrogens is 335 g/mol. The Morgan fingerprint density at radius 2 is 1.82 bits per heavy atom. The van der Waals surface area contributed by atoms with Crippen LogP contribution in [-0.4, -0.2) is 5.11 Å². The van der Waals surface area contributed by atoms with Crippen molar-refractivity contribution in [3.8, 4) is 0 Å². The minimum Gasteiger partial charge on any atom is -0.356 e. The molecular formula is C17H18Cl2N2S. The number of nitrogens with one attached hydrogen (secondary N) is 2. The van der Waals surface area contributed by atoms with Gasteiger partial charge in [0.05, 0.1) is 21.8 Å². The summed E-state index contributed by atoms with van der Waals surface area (Å²) >= 11 is 17.5. The molecule has 116 valence electrons. The highest BCUT2D eigenvalue weighted by atomic mass is 35.5. The van der Waals surface area contributed by atoms with E-state index in [0.29, 0.717) is 20.8 Å². The Morgan fingerprint density at radius 1 is 1.09 bits per heavy atom. The minimum atomic E-state index is 0.0947. The van der Waals surface area contributed by atoms with Crippen molar-refractivity contribution >= 4 is 46.2 Å². The number of rotatable bonds is 3. The van der Waals surface area contributed by atoms with Crippen LogP contribution in [0.5, 0.6) is 0 Å². The zero-order valence-corrected chi connectivity index (χ0v) is 15.0. The number of hydrogen-bond acceptors (Lipinski definition) is 1. The molecule has 0 fully saturated rings. The Bertz CT molecular complexity index is 701. The lowest BCUT2D eigenvalue weighted by atomic mass is 10.0. The summed E-state index contributed by atoms with van der Waals surface area (Å²) in [6.07, 6.45) is 0. The molecule has 0 aliphatic heterocycles. The predicted molar refractivity (Wildman–Crippen MR) is 100 cm³/mol. The lowest BCUT2D eigenvalue weighted by molar-refractivity contribution is 0.721. The smallest absolute Gasteiger partial charge is 0.171 e. The first-order valence-electron chi connectivity index (χ1n) is 6.97. The molecule has 0 radical (unpaired) electrons. The van der Waals surface area contributed by atoms with Gasteiger partial charge in [0, 0.05) is 0 Å². The van der Waals surface area contributed by atoms with Gasteiger partial charge >= 0.3 is 0 Å². The van der Waals surface area contributed by atoms with E-state index in [1.165, 1.54) is 16.7 Å². The Kier molecular flexibility index (Phi) is 5.68. The van der Waals surface area contributed by atoms with Crippen LogP contribution >= 0.6 is 35.4 Å². The summed E-state index contributed by atoms with van der Waals surface area (Å²) in [6.45, 7) is 6.27. The van der Waals surface area contributed by atoms with Gasteiger partial charge in [-0.1, -0.05) is 47.5 Å². The predicted octanol–water partition coefficient (Wildman–Crippen LogP) is 5.66. The molecule has 0 aliphatic carbocycles. The normalized spacial score (nSPS) is 11.9. The van der Waals surface area contributed by atoms with Crippen LogP contribution in [0.2, 0.25) is 10.0 Å². The van der Waals surface area contributed by atoms with Gasteiger partial charge in [-0.3, -0.25) is 0 Å². The van der Waals surface area contributed by atoms with Gasteiger partial charge in [-0.25, -0.2) is 0 Å². The minimum absolute atomic E-state index is 0.0947. The van der Waals surface area contributed by atoms with E-state index in [0.717, 1.165) is 0 Å². The Balaban J connectivity index is 2.05.